The van der Waals surface area contributed by atoms with Crippen LogP contribution in [0.25, 0.3) is 0 Å². The van der Waals surface area contributed by atoms with E-state index in [0.717, 1.165) is 16.0 Å². The highest BCUT2D eigenvalue weighted by Crippen LogP contribution is 2.15. The molecule has 0 radical (unpaired) electrons. The predicted molar refractivity (Wildman–Crippen MR) is 78.3 cm³/mol. The first kappa shape index (κ1) is 13.1. The lowest BCUT2D eigenvalue weighted by atomic mass is 10.1. The highest BCUT2D eigenvalue weighted by Gasteiger charge is 2.12. The Morgan fingerprint density at radius 1 is 1.26 bits per heavy atom. The van der Waals surface area contributed by atoms with Gasteiger partial charge in [-0.05, 0) is 12.1 Å². The summed E-state index contributed by atoms with van der Waals surface area (Å²) in [5.74, 6) is 0. The lowest BCUT2D eigenvalue weighted by Crippen LogP contribution is -2.13. The van der Waals surface area contributed by atoms with E-state index in [4.69, 9.17) is 0 Å². The van der Waals surface area contributed by atoms with E-state index in [2.05, 4.69) is 6.58 Å². The Labute approximate surface area is 113 Å². The summed E-state index contributed by atoms with van der Waals surface area (Å²) in [5, 5.41) is 12.2. The molecule has 2 aromatic rings. The standard InChI is InChI=1S/C16H18N2O/c1-3-11-17-12-7-10-16(17)13-18(19)14(2)15-8-5-4-6-9-15/h3-10,12-14H,1,11H2,2H3/b18-13-/t14-/m1/s1. The van der Waals surface area contributed by atoms with Crippen LogP contribution in [0.3, 0.4) is 0 Å². The van der Waals surface area contributed by atoms with Gasteiger partial charge in [-0.2, -0.15) is 0 Å². The summed E-state index contributed by atoms with van der Waals surface area (Å²) in [7, 11) is 0. The van der Waals surface area contributed by atoms with Crippen LogP contribution in [-0.2, 0) is 6.54 Å². The Kier molecular flexibility index (Phi) is 4.18. The molecule has 0 amide bonds. The minimum atomic E-state index is -0.201. The van der Waals surface area contributed by atoms with E-state index in [1.54, 1.807) is 6.21 Å². The molecule has 0 saturated carbocycles. The molecule has 0 aliphatic rings. The Hall–Kier alpha value is -2.29. The molecule has 0 N–H and O–H groups in total. The van der Waals surface area contributed by atoms with Crippen molar-refractivity contribution in [1.29, 1.82) is 0 Å². The summed E-state index contributed by atoms with van der Waals surface area (Å²) in [5.41, 5.74) is 1.90. The average molecular weight is 254 g/mol. The molecular weight excluding hydrogens is 236 g/mol. The molecule has 1 atom stereocenters. The van der Waals surface area contributed by atoms with E-state index in [9.17, 15) is 5.21 Å². The van der Waals surface area contributed by atoms with Crippen molar-refractivity contribution in [3.8, 4) is 0 Å². The first-order valence-corrected chi connectivity index (χ1v) is 6.33. The number of hydrogen-bond acceptors (Lipinski definition) is 1. The smallest absolute Gasteiger partial charge is 0.199 e. The predicted octanol–water partition coefficient (Wildman–Crippen LogP) is 3.36. The molecule has 0 saturated heterocycles. The highest BCUT2D eigenvalue weighted by atomic mass is 16.5. The SMILES string of the molecule is C=CCn1cccc1/C=[N+](\[O-])[C@H](C)c1ccccc1. The quantitative estimate of drug-likeness (QED) is 0.264. The zero-order valence-electron chi connectivity index (χ0n) is 11.1. The van der Waals surface area contributed by atoms with Gasteiger partial charge in [0.1, 0.15) is 5.69 Å². The van der Waals surface area contributed by atoms with Gasteiger partial charge in [-0.15, -0.1) is 6.58 Å². The lowest BCUT2D eigenvalue weighted by molar-refractivity contribution is -0.498. The molecule has 0 fully saturated rings. The van der Waals surface area contributed by atoms with E-state index >= 15 is 0 Å². The monoisotopic (exact) mass is 254 g/mol. The van der Waals surface area contributed by atoms with Gasteiger partial charge < -0.3 is 9.77 Å². The van der Waals surface area contributed by atoms with E-state index in [1.807, 2.05) is 66.2 Å². The lowest BCUT2D eigenvalue weighted by Gasteiger charge is -2.13. The van der Waals surface area contributed by atoms with Gasteiger partial charge in [0, 0.05) is 25.2 Å². The first-order chi connectivity index (χ1) is 9.22. The minimum Gasteiger partial charge on any atom is -0.623 e. The fraction of sp³-hybridized carbons (Fsp3) is 0.188. The van der Waals surface area contributed by atoms with Crippen LogP contribution in [0.2, 0.25) is 0 Å². The maximum atomic E-state index is 12.2. The Bertz CT molecular complexity index is 569. The van der Waals surface area contributed by atoms with E-state index < -0.39 is 0 Å². The van der Waals surface area contributed by atoms with Crippen molar-refractivity contribution in [2.24, 2.45) is 0 Å². The third-order valence-corrected chi connectivity index (χ3v) is 3.11. The van der Waals surface area contributed by atoms with Crippen LogP contribution >= 0.6 is 0 Å². The third kappa shape index (κ3) is 3.13. The number of nitrogens with zero attached hydrogens (tertiary/aromatic N) is 2. The molecule has 1 aromatic carbocycles. The van der Waals surface area contributed by atoms with Crippen LogP contribution in [0.1, 0.15) is 24.2 Å². The largest absolute Gasteiger partial charge is 0.623 e. The average Bonchev–Trinajstić information content (AvgIpc) is 2.86. The Morgan fingerprint density at radius 2 is 2.00 bits per heavy atom. The molecule has 2 rings (SSSR count). The van der Waals surface area contributed by atoms with Gasteiger partial charge in [0.2, 0.25) is 0 Å². The summed E-state index contributed by atoms with van der Waals surface area (Å²) in [6.07, 6.45) is 5.38. The fourth-order valence-electron chi connectivity index (χ4n) is 1.97. The fourth-order valence-corrected chi connectivity index (χ4v) is 1.97. The Morgan fingerprint density at radius 3 is 2.68 bits per heavy atom. The molecule has 19 heavy (non-hydrogen) atoms. The molecule has 0 spiro atoms. The normalized spacial score (nSPS) is 13.2. The van der Waals surface area contributed by atoms with Crippen molar-refractivity contribution in [1.82, 2.24) is 4.57 Å². The number of rotatable bonds is 5. The number of hydrogen-bond donors (Lipinski definition) is 0. The first-order valence-electron chi connectivity index (χ1n) is 6.33. The number of allylic oxidation sites excluding steroid dienone is 1. The molecule has 0 unspecified atom stereocenters. The van der Waals surface area contributed by atoms with Crippen molar-refractivity contribution >= 4 is 6.21 Å². The van der Waals surface area contributed by atoms with Crippen molar-refractivity contribution in [3.63, 3.8) is 0 Å². The molecule has 1 heterocycles. The van der Waals surface area contributed by atoms with Crippen molar-refractivity contribution in [2.75, 3.05) is 0 Å². The second-order valence-electron chi connectivity index (χ2n) is 4.45. The minimum absolute atomic E-state index is 0.201. The maximum Gasteiger partial charge on any atom is 0.199 e. The van der Waals surface area contributed by atoms with Gasteiger partial charge in [-0.3, -0.25) is 0 Å². The number of hydroxylamine groups is 1. The van der Waals surface area contributed by atoms with Crippen LogP contribution in [0.4, 0.5) is 0 Å². The summed E-state index contributed by atoms with van der Waals surface area (Å²) >= 11 is 0. The van der Waals surface area contributed by atoms with Gasteiger partial charge in [0.15, 0.2) is 12.3 Å². The molecule has 0 bridgehead atoms. The van der Waals surface area contributed by atoms with Gasteiger partial charge in [-0.1, -0.05) is 36.4 Å². The van der Waals surface area contributed by atoms with Crippen LogP contribution < -0.4 is 0 Å². The number of benzene rings is 1. The summed E-state index contributed by atoms with van der Waals surface area (Å²) in [4.78, 5) is 0. The van der Waals surface area contributed by atoms with Gasteiger partial charge >= 0.3 is 0 Å². The topological polar surface area (TPSA) is 31.0 Å². The molecule has 98 valence electrons. The van der Waals surface area contributed by atoms with Crippen molar-refractivity contribution in [3.05, 3.63) is 77.8 Å². The molecular formula is C16H18N2O. The summed E-state index contributed by atoms with van der Waals surface area (Å²) in [6, 6.07) is 13.4. The zero-order chi connectivity index (χ0) is 13.7. The summed E-state index contributed by atoms with van der Waals surface area (Å²) < 4.78 is 2.97. The maximum absolute atomic E-state index is 12.2. The molecule has 1 aromatic heterocycles. The van der Waals surface area contributed by atoms with Gasteiger partial charge in [0.25, 0.3) is 0 Å². The number of aromatic nitrogens is 1. The Balaban J connectivity index is 2.23. The van der Waals surface area contributed by atoms with Crippen molar-refractivity contribution < 1.29 is 4.74 Å². The van der Waals surface area contributed by atoms with Crippen LogP contribution in [0.15, 0.2) is 61.3 Å². The molecule has 3 heteroatoms. The summed E-state index contributed by atoms with van der Waals surface area (Å²) in [6.45, 7) is 6.32. The van der Waals surface area contributed by atoms with Crippen LogP contribution in [0, 0.1) is 5.21 Å². The highest BCUT2D eigenvalue weighted by molar-refractivity contribution is 5.73. The van der Waals surface area contributed by atoms with E-state index in [0.29, 0.717) is 6.54 Å². The van der Waals surface area contributed by atoms with Crippen LogP contribution in [0.5, 0.6) is 0 Å². The van der Waals surface area contributed by atoms with Crippen LogP contribution in [-0.4, -0.2) is 15.5 Å². The molecule has 3 nitrogen and oxygen atoms in total. The van der Waals surface area contributed by atoms with Gasteiger partial charge in [-0.25, -0.2) is 4.74 Å². The van der Waals surface area contributed by atoms with Crippen molar-refractivity contribution in [2.45, 2.75) is 19.5 Å². The second kappa shape index (κ2) is 6.05. The van der Waals surface area contributed by atoms with E-state index in [1.165, 1.54) is 0 Å². The molecule has 0 aliphatic heterocycles. The molecule has 0 aliphatic carbocycles. The van der Waals surface area contributed by atoms with Gasteiger partial charge in [0.05, 0.1) is 0 Å². The third-order valence-electron chi connectivity index (χ3n) is 3.11. The second-order valence-corrected chi connectivity index (χ2v) is 4.45. The zero-order valence-corrected chi connectivity index (χ0v) is 11.1. The van der Waals surface area contributed by atoms with E-state index in [-0.39, 0.29) is 6.04 Å².